The summed E-state index contributed by atoms with van der Waals surface area (Å²) in [5, 5.41) is 0. The van der Waals surface area contributed by atoms with Gasteiger partial charge in [0, 0.05) is 6.42 Å². The molecule has 1 aliphatic heterocycles. The molecule has 1 heterocycles. The molecule has 1 aromatic rings. The van der Waals surface area contributed by atoms with Crippen LogP contribution >= 0.6 is 0 Å². The monoisotopic (exact) mass is 302 g/mol. The Kier molecular flexibility index (Phi) is 5.22. The summed E-state index contributed by atoms with van der Waals surface area (Å²) in [6, 6.07) is 10.2. The Morgan fingerprint density at radius 3 is 2.45 bits per heavy atom. The number of ether oxygens (including phenoxy) is 2. The number of nitrogens with zero attached hydrogens (tertiary/aromatic N) is 2. The summed E-state index contributed by atoms with van der Waals surface area (Å²) in [7, 11) is 1.67. The lowest BCUT2D eigenvalue weighted by Gasteiger charge is -2.34. The van der Waals surface area contributed by atoms with Crippen LogP contribution in [-0.4, -0.2) is 37.1 Å². The van der Waals surface area contributed by atoms with Gasteiger partial charge in [0.15, 0.2) is 0 Å². The van der Waals surface area contributed by atoms with Gasteiger partial charge in [-0.3, -0.25) is 0 Å². The summed E-state index contributed by atoms with van der Waals surface area (Å²) in [6.07, 6.45) is 0.740. The molecule has 1 aromatic carbocycles. The van der Waals surface area contributed by atoms with Gasteiger partial charge >= 0.3 is 0 Å². The average molecular weight is 302 g/mol. The van der Waals surface area contributed by atoms with Crippen LogP contribution < -0.4 is 0 Å². The number of rotatable bonds is 4. The van der Waals surface area contributed by atoms with Crippen molar-refractivity contribution in [1.82, 2.24) is 0 Å². The molecule has 0 saturated heterocycles. The molecular formula is C18H26N2O2. The van der Waals surface area contributed by atoms with Crippen molar-refractivity contribution in [2.24, 2.45) is 15.9 Å². The molecule has 0 saturated carbocycles. The van der Waals surface area contributed by atoms with Crippen LogP contribution in [0.3, 0.4) is 0 Å². The minimum absolute atomic E-state index is 0.0737. The topological polar surface area (TPSA) is 43.2 Å². The Morgan fingerprint density at radius 1 is 1.23 bits per heavy atom. The SMILES string of the molecule is CCOC1=N[C@@H](C(C)C)C(OC)=N[C@]1(C)Cc1ccccc1. The Hall–Kier alpha value is -1.84. The number of hydrogen-bond donors (Lipinski definition) is 0. The molecule has 0 aromatic heterocycles. The average Bonchev–Trinajstić information content (AvgIpc) is 2.49. The first kappa shape index (κ1) is 16.5. The summed E-state index contributed by atoms with van der Waals surface area (Å²) in [4.78, 5) is 9.68. The van der Waals surface area contributed by atoms with Crippen LogP contribution in [0.15, 0.2) is 40.3 Å². The lowest BCUT2D eigenvalue weighted by Crippen LogP contribution is -2.46. The maximum atomic E-state index is 5.83. The van der Waals surface area contributed by atoms with Gasteiger partial charge in [0.25, 0.3) is 0 Å². The van der Waals surface area contributed by atoms with Crippen LogP contribution in [0.5, 0.6) is 0 Å². The van der Waals surface area contributed by atoms with Crippen molar-refractivity contribution in [2.45, 2.75) is 45.7 Å². The molecule has 2 atom stereocenters. The Labute approximate surface area is 133 Å². The first-order valence-corrected chi connectivity index (χ1v) is 7.89. The molecule has 0 bridgehead atoms. The summed E-state index contributed by atoms with van der Waals surface area (Å²) in [6.45, 7) is 8.86. The zero-order chi connectivity index (χ0) is 16.2. The third-order valence-corrected chi connectivity index (χ3v) is 3.84. The van der Waals surface area contributed by atoms with Crippen LogP contribution in [0.1, 0.15) is 33.3 Å². The van der Waals surface area contributed by atoms with Crippen LogP contribution in [0.4, 0.5) is 0 Å². The minimum Gasteiger partial charge on any atom is -0.483 e. The van der Waals surface area contributed by atoms with Gasteiger partial charge in [-0.25, -0.2) is 9.98 Å². The van der Waals surface area contributed by atoms with Crippen LogP contribution in [0.2, 0.25) is 0 Å². The van der Waals surface area contributed by atoms with Crippen molar-refractivity contribution in [3.63, 3.8) is 0 Å². The third-order valence-electron chi connectivity index (χ3n) is 3.84. The van der Waals surface area contributed by atoms with Gasteiger partial charge in [-0.15, -0.1) is 0 Å². The standard InChI is InChI=1S/C18H26N2O2/c1-6-22-17-18(4,12-14-10-8-7-9-11-14)20-16(21-5)15(19-17)13(2)3/h7-11,13,15H,6,12H2,1-5H3/t15-,18+/m0/s1. The molecule has 120 valence electrons. The summed E-state index contributed by atoms with van der Waals surface area (Å²) < 4.78 is 11.3. The minimum atomic E-state index is -0.520. The molecule has 0 N–H and O–H groups in total. The largest absolute Gasteiger partial charge is 0.483 e. The molecule has 0 unspecified atom stereocenters. The van der Waals surface area contributed by atoms with E-state index >= 15 is 0 Å². The van der Waals surface area contributed by atoms with Crippen LogP contribution in [-0.2, 0) is 15.9 Å². The first-order chi connectivity index (χ1) is 10.5. The van der Waals surface area contributed by atoms with Gasteiger partial charge in [-0.2, -0.15) is 0 Å². The normalized spacial score (nSPS) is 24.7. The van der Waals surface area contributed by atoms with E-state index < -0.39 is 5.54 Å². The molecule has 0 radical (unpaired) electrons. The van der Waals surface area contributed by atoms with E-state index in [9.17, 15) is 0 Å². The van der Waals surface area contributed by atoms with Crippen molar-refractivity contribution in [1.29, 1.82) is 0 Å². The van der Waals surface area contributed by atoms with E-state index in [-0.39, 0.29) is 6.04 Å². The first-order valence-electron chi connectivity index (χ1n) is 7.89. The van der Waals surface area contributed by atoms with Crippen molar-refractivity contribution in [3.8, 4) is 0 Å². The Bertz CT molecular complexity index is 551. The molecule has 0 spiro atoms. The second-order valence-electron chi connectivity index (χ2n) is 6.15. The van der Waals surface area contributed by atoms with Gasteiger partial charge in [0.2, 0.25) is 11.8 Å². The Morgan fingerprint density at radius 2 is 1.91 bits per heavy atom. The third kappa shape index (κ3) is 3.49. The maximum absolute atomic E-state index is 5.83. The van der Waals surface area contributed by atoms with Gasteiger partial charge in [-0.05, 0) is 25.3 Å². The van der Waals surface area contributed by atoms with Crippen LogP contribution in [0.25, 0.3) is 0 Å². The number of aliphatic imine (C=N–C) groups is 2. The fourth-order valence-electron chi connectivity index (χ4n) is 2.72. The fourth-order valence-corrected chi connectivity index (χ4v) is 2.72. The van der Waals surface area contributed by atoms with Crippen molar-refractivity contribution in [3.05, 3.63) is 35.9 Å². The van der Waals surface area contributed by atoms with E-state index in [1.807, 2.05) is 25.1 Å². The molecule has 2 rings (SSSR count). The predicted octanol–water partition coefficient (Wildman–Crippen LogP) is 3.51. The van der Waals surface area contributed by atoms with Gasteiger partial charge < -0.3 is 9.47 Å². The van der Waals surface area contributed by atoms with Crippen molar-refractivity contribution < 1.29 is 9.47 Å². The molecule has 4 nitrogen and oxygen atoms in total. The quantitative estimate of drug-likeness (QED) is 0.854. The fraction of sp³-hybridized carbons (Fsp3) is 0.556. The lowest BCUT2D eigenvalue weighted by atomic mass is 9.90. The zero-order valence-electron chi connectivity index (χ0n) is 14.2. The van der Waals surface area contributed by atoms with E-state index in [4.69, 9.17) is 19.5 Å². The maximum Gasteiger partial charge on any atom is 0.213 e. The molecule has 0 aliphatic carbocycles. The van der Waals surface area contributed by atoms with Gasteiger partial charge in [0.1, 0.15) is 11.6 Å². The van der Waals surface area contributed by atoms with E-state index in [0.29, 0.717) is 24.3 Å². The van der Waals surface area contributed by atoms with Gasteiger partial charge in [0.05, 0.1) is 13.7 Å². The zero-order valence-corrected chi connectivity index (χ0v) is 14.2. The Balaban J connectivity index is 2.37. The molecule has 4 heteroatoms. The van der Waals surface area contributed by atoms with Crippen molar-refractivity contribution in [2.75, 3.05) is 13.7 Å². The summed E-state index contributed by atoms with van der Waals surface area (Å²) >= 11 is 0. The van der Waals surface area contributed by atoms with E-state index in [0.717, 1.165) is 6.42 Å². The number of methoxy groups -OCH3 is 1. The summed E-state index contributed by atoms with van der Waals surface area (Å²) in [5.41, 5.74) is 0.688. The highest BCUT2D eigenvalue weighted by atomic mass is 16.5. The van der Waals surface area contributed by atoms with E-state index in [1.54, 1.807) is 7.11 Å². The highest BCUT2D eigenvalue weighted by Crippen LogP contribution is 2.28. The lowest BCUT2D eigenvalue weighted by molar-refractivity contribution is 0.272. The second-order valence-corrected chi connectivity index (χ2v) is 6.15. The molecule has 0 fully saturated rings. The molecular weight excluding hydrogens is 276 g/mol. The second kappa shape index (κ2) is 6.95. The summed E-state index contributed by atoms with van der Waals surface area (Å²) in [5.74, 6) is 1.71. The van der Waals surface area contributed by atoms with E-state index in [1.165, 1.54) is 5.56 Å². The number of benzene rings is 1. The van der Waals surface area contributed by atoms with Gasteiger partial charge in [-0.1, -0.05) is 44.2 Å². The highest BCUT2D eigenvalue weighted by Gasteiger charge is 2.40. The van der Waals surface area contributed by atoms with Crippen molar-refractivity contribution >= 4 is 11.8 Å². The highest BCUT2D eigenvalue weighted by molar-refractivity contribution is 5.96. The number of hydrogen-bond acceptors (Lipinski definition) is 4. The molecule has 22 heavy (non-hydrogen) atoms. The van der Waals surface area contributed by atoms with E-state index in [2.05, 4.69) is 32.9 Å². The predicted molar refractivity (Wildman–Crippen MR) is 90.7 cm³/mol. The molecule has 0 amide bonds. The molecule has 1 aliphatic rings. The van der Waals surface area contributed by atoms with Crippen LogP contribution in [0, 0.1) is 5.92 Å². The smallest absolute Gasteiger partial charge is 0.213 e.